The molecular weight excluding hydrogens is 376 g/mol. The molecule has 4 N–H and O–H groups in total. The van der Waals surface area contributed by atoms with Gasteiger partial charge in [0.25, 0.3) is 0 Å². The number of nitrogens with one attached hydrogen (secondary N) is 4. The molecule has 0 fully saturated rings. The van der Waals surface area contributed by atoms with Crippen molar-refractivity contribution in [1.29, 1.82) is 0 Å². The van der Waals surface area contributed by atoms with Crippen molar-refractivity contribution in [3.05, 3.63) is 60.2 Å². The maximum absolute atomic E-state index is 11.9. The summed E-state index contributed by atoms with van der Waals surface area (Å²) in [5.41, 5.74) is 2.87. The molecule has 0 heterocycles. The fraction of sp³-hybridized carbons (Fsp3) is 0.458. The number of amides is 1. The molecule has 1 amide bonds. The van der Waals surface area contributed by atoms with Crippen LogP contribution in [0.15, 0.2) is 54.6 Å². The first-order valence-corrected chi connectivity index (χ1v) is 10.6. The van der Waals surface area contributed by atoms with Crippen LogP contribution in [0.3, 0.4) is 0 Å². The lowest BCUT2D eigenvalue weighted by atomic mass is 10.2. The molecule has 164 valence electrons. The molecule has 0 saturated carbocycles. The number of rotatable bonds is 10. The fourth-order valence-corrected chi connectivity index (χ4v) is 2.81. The van der Waals surface area contributed by atoms with Gasteiger partial charge in [0.1, 0.15) is 5.60 Å². The van der Waals surface area contributed by atoms with E-state index in [1.54, 1.807) is 0 Å². The summed E-state index contributed by atoms with van der Waals surface area (Å²) in [6.07, 6.45) is -0.396. The molecule has 2 rings (SSSR count). The maximum Gasteiger partial charge on any atom is 0.407 e. The van der Waals surface area contributed by atoms with E-state index >= 15 is 0 Å². The third kappa shape index (κ3) is 9.65. The second-order valence-corrected chi connectivity index (χ2v) is 8.66. The van der Waals surface area contributed by atoms with E-state index in [9.17, 15) is 4.79 Å². The lowest BCUT2D eigenvalue weighted by molar-refractivity contribution is 0.0511. The Kier molecular flexibility index (Phi) is 8.99. The first-order chi connectivity index (χ1) is 14.2. The molecule has 2 unspecified atom stereocenters. The third-order valence-corrected chi connectivity index (χ3v) is 4.34. The predicted molar refractivity (Wildman–Crippen MR) is 125 cm³/mol. The molecule has 0 bridgehead atoms. The number of ether oxygens (including phenoxy) is 1. The van der Waals surface area contributed by atoms with Crippen LogP contribution in [0.2, 0.25) is 0 Å². The molecule has 0 aliphatic heterocycles. The Morgan fingerprint density at radius 2 is 1.53 bits per heavy atom. The van der Waals surface area contributed by atoms with Crippen molar-refractivity contribution in [3.8, 4) is 0 Å². The minimum absolute atomic E-state index is 0.0503. The summed E-state index contributed by atoms with van der Waals surface area (Å²) in [5.74, 6) is 0. The number of hydrogen-bond donors (Lipinski definition) is 4. The van der Waals surface area contributed by atoms with E-state index < -0.39 is 11.7 Å². The second kappa shape index (κ2) is 11.5. The van der Waals surface area contributed by atoms with Crippen LogP contribution >= 0.6 is 0 Å². The van der Waals surface area contributed by atoms with Gasteiger partial charge in [0.15, 0.2) is 0 Å². The summed E-state index contributed by atoms with van der Waals surface area (Å²) < 4.78 is 5.29. The van der Waals surface area contributed by atoms with Crippen LogP contribution in [0.1, 0.15) is 40.2 Å². The van der Waals surface area contributed by atoms with E-state index in [0.717, 1.165) is 24.5 Å². The largest absolute Gasteiger partial charge is 0.444 e. The molecule has 2 aromatic carbocycles. The van der Waals surface area contributed by atoms with Gasteiger partial charge in [0.05, 0.1) is 0 Å². The van der Waals surface area contributed by atoms with Crippen molar-refractivity contribution in [2.45, 2.75) is 58.8 Å². The van der Waals surface area contributed by atoms with Crippen LogP contribution in [0.5, 0.6) is 0 Å². The highest BCUT2D eigenvalue weighted by atomic mass is 16.6. The SMILES string of the molecule is CC(CNc1ccccc1)NCc1cccc(NCC(C)NC(=O)OC(C)(C)C)c1. The van der Waals surface area contributed by atoms with Crippen molar-refractivity contribution in [2.24, 2.45) is 0 Å². The van der Waals surface area contributed by atoms with Gasteiger partial charge in [-0.1, -0.05) is 30.3 Å². The van der Waals surface area contributed by atoms with E-state index in [2.05, 4.69) is 52.5 Å². The number of para-hydroxylation sites is 1. The van der Waals surface area contributed by atoms with E-state index in [-0.39, 0.29) is 6.04 Å². The second-order valence-electron chi connectivity index (χ2n) is 8.66. The van der Waals surface area contributed by atoms with Crippen LogP contribution in [0.25, 0.3) is 0 Å². The van der Waals surface area contributed by atoms with Crippen molar-refractivity contribution >= 4 is 17.5 Å². The van der Waals surface area contributed by atoms with Gasteiger partial charge in [-0.15, -0.1) is 0 Å². The molecule has 6 heteroatoms. The molecule has 0 saturated heterocycles. The lowest BCUT2D eigenvalue weighted by Crippen LogP contribution is -2.40. The third-order valence-electron chi connectivity index (χ3n) is 4.34. The van der Waals surface area contributed by atoms with Crippen molar-refractivity contribution in [1.82, 2.24) is 10.6 Å². The molecule has 6 nitrogen and oxygen atoms in total. The molecule has 0 aliphatic rings. The van der Waals surface area contributed by atoms with Crippen molar-refractivity contribution < 1.29 is 9.53 Å². The number of alkyl carbamates (subject to hydrolysis) is 1. The zero-order valence-corrected chi connectivity index (χ0v) is 18.8. The summed E-state index contributed by atoms with van der Waals surface area (Å²) in [7, 11) is 0. The summed E-state index contributed by atoms with van der Waals surface area (Å²) in [5, 5.41) is 13.2. The highest BCUT2D eigenvalue weighted by Crippen LogP contribution is 2.12. The quantitative estimate of drug-likeness (QED) is 0.459. The Balaban J connectivity index is 1.72. The molecule has 2 atom stereocenters. The molecule has 0 spiro atoms. The van der Waals surface area contributed by atoms with Crippen LogP contribution in [0, 0.1) is 0 Å². The molecule has 0 aliphatic carbocycles. The zero-order chi connectivity index (χ0) is 22.0. The van der Waals surface area contributed by atoms with Gasteiger partial charge in [-0.3, -0.25) is 0 Å². The molecule has 30 heavy (non-hydrogen) atoms. The van der Waals surface area contributed by atoms with E-state index in [1.807, 2.05) is 58.0 Å². The van der Waals surface area contributed by atoms with Gasteiger partial charge in [-0.2, -0.15) is 0 Å². The Bertz CT molecular complexity index is 774. The van der Waals surface area contributed by atoms with E-state index in [1.165, 1.54) is 5.56 Å². The Morgan fingerprint density at radius 1 is 0.900 bits per heavy atom. The van der Waals surface area contributed by atoms with Crippen LogP contribution in [-0.2, 0) is 11.3 Å². The highest BCUT2D eigenvalue weighted by molar-refractivity contribution is 5.68. The molecule has 0 aromatic heterocycles. The first kappa shape index (κ1) is 23.5. The standard InChI is InChI=1S/C24H36N4O2/c1-18(15-26-21-11-7-6-8-12-21)25-17-20-10-9-13-22(14-20)27-16-19(2)28-23(29)30-24(3,4)5/h6-14,18-19,25-27H,15-17H2,1-5H3,(H,28,29). The van der Waals surface area contributed by atoms with E-state index in [0.29, 0.717) is 12.6 Å². The van der Waals surface area contributed by atoms with Gasteiger partial charge in [-0.25, -0.2) is 4.79 Å². The van der Waals surface area contributed by atoms with Gasteiger partial charge >= 0.3 is 6.09 Å². The average molecular weight is 413 g/mol. The van der Waals surface area contributed by atoms with E-state index in [4.69, 9.17) is 4.74 Å². The normalized spacial score (nSPS) is 13.2. The number of hydrogen-bond acceptors (Lipinski definition) is 5. The number of benzene rings is 2. The van der Waals surface area contributed by atoms with Gasteiger partial charge in [0.2, 0.25) is 0 Å². The summed E-state index contributed by atoms with van der Waals surface area (Å²) in [4.78, 5) is 11.9. The van der Waals surface area contributed by atoms with Crippen molar-refractivity contribution in [3.63, 3.8) is 0 Å². The van der Waals surface area contributed by atoms with Crippen LogP contribution in [-0.4, -0.2) is 36.9 Å². The maximum atomic E-state index is 11.9. The average Bonchev–Trinajstić information content (AvgIpc) is 2.69. The van der Waals surface area contributed by atoms with Gasteiger partial charge in [0, 0.05) is 43.1 Å². The number of carbonyl (C=O) groups is 1. The van der Waals surface area contributed by atoms with Crippen molar-refractivity contribution in [2.75, 3.05) is 23.7 Å². The summed E-state index contributed by atoms with van der Waals surface area (Å²) >= 11 is 0. The number of anilines is 2. The zero-order valence-electron chi connectivity index (χ0n) is 18.8. The topological polar surface area (TPSA) is 74.4 Å². The monoisotopic (exact) mass is 412 g/mol. The number of carbonyl (C=O) groups excluding carboxylic acids is 1. The minimum atomic E-state index is -0.494. The fourth-order valence-electron chi connectivity index (χ4n) is 2.81. The lowest BCUT2D eigenvalue weighted by Gasteiger charge is -2.22. The predicted octanol–water partition coefficient (Wildman–Crippen LogP) is 4.60. The summed E-state index contributed by atoms with van der Waals surface area (Å²) in [6.45, 7) is 11.9. The Morgan fingerprint density at radius 3 is 2.23 bits per heavy atom. The van der Waals surface area contributed by atoms with Gasteiger partial charge in [-0.05, 0) is 64.4 Å². The Labute approximate surface area is 180 Å². The first-order valence-electron chi connectivity index (χ1n) is 10.6. The summed E-state index contributed by atoms with van der Waals surface area (Å²) in [6, 6.07) is 18.8. The van der Waals surface area contributed by atoms with Gasteiger partial charge < -0.3 is 26.0 Å². The highest BCUT2D eigenvalue weighted by Gasteiger charge is 2.17. The molecule has 0 radical (unpaired) electrons. The Hall–Kier alpha value is -2.73. The molecule has 2 aromatic rings. The van der Waals surface area contributed by atoms with Crippen LogP contribution < -0.4 is 21.3 Å². The minimum Gasteiger partial charge on any atom is -0.444 e. The van der Waals surface area contributed by atoms with Crippen LogP contribution in [0.4, 0.5) is 16.2 Å². The smallest absolute Gasteiger partial charge is 0.407 e. The molecular formula is C24H36N4O2.